The number of nitrogens with one attached hydrogen (secondary N) is 1. The van der Waals surface area contributed by atoms with Gasteiger partial charge in [0, 0.05) is 24.0 Å². The van der Waals surface area contributed by atoms with Crippen LogP contribution in [0.4, 0.5) is 0 Å². The van der Waals surface area contributed by atoms with Crippen molar-refractivity contribution in [3.8, 4) is 0 Å². The molecule has 1 heterocycles. The third-order valence-corrected chi connectivity index (χ3v) is 2.58. The average Bonchev–Trinajstić information content (AvgIpc) is 2.56. The van der Waals surface area contributed by atoms with Crippen molar-refractivity contribution in [1.29, 1.82) is 0 Å². The molecule has 1 unspecified atom stereocenters. The summed E-state index contributed by atoms with van der Waals surface area (Å²) in [4.78, 5) is 4.21. The number of hydrogen-bond donors (Lipinski definition) is 2. The zero-order valence-electron chi connectivity index (χ0n) is 7.29. The number of hydrazine groups is 1. The number of rotatable bonds is 5. The molecular weight excluding hydrogens is 170 g/mol. The van der Waals surface area contributed by atoms with Gasteiger partial charge in [-0.1, -0.05) is 13.3 Å². The Kier molecular flexibility index (Phi) is 4.21. The van der Waals surface area contributed by atoms with Gasteiger partial charge in [-0.25, -0.2) is 4.98 Å². The summed E-state index contributed by atoms with van der Waals surface area (Å²) >= 11 is 1.69. The first kappa shape index (κ1) is 9.64. The van der Waals surface area contributed by atoms with Crippen molar-refractivity contribution in [3.63, 3.8) is 0 Å². The molecule has 0 amide bonds. The summed E-state index contributed by atoms with van der Waals surface area (Å²) in [6.07, 6.45) is 5.04. The van der Waals surface area contributed by atoms with Crippen molar-refractivity contribution in [2.45, 2.75) is 32.2 Å². The van der Waals surface area contributed by atoms with E-state index in [0.717, 1.165) is 24.3 Å². The van der Waals surface area contributed by atoms with Gasteiger partial charge in [-0.05, 0) is 6.42 Å². The molecule has 68 valence electrons. The van der Waals surface area contributed by atoms with Crippen molar-refractivity contribution >= 4 is 11.3 Å². The fourth-order valence-electron chi connectivity index (χ4n) is 1.16. The third-order valence-electron chi connectivity index (χ3n) is 1.78. The van der Waals surface area contributed by atoms with E-state index < -0.39 is 0 Å². The van der Waals surface area contributed by atoms with E-state index in [9.17, 15) is 0 Å². The lowest BCUT2D eigenvalue weighted by atomic mass is 10.1. The number of nitrogens with two attached hydrogens (primary N) is 1. The van der Waals surface area contributed by atoms with E-state index in [1.54, 1.807) is 11.3 Å². The van der Waals surface area contributed by atoms with E-state index in [4.69, 9.17) is 5.84 Å². The summed E-state index contributed by atoms with van der Waals surface area (Å²) in [7, 11) is 0. The maximum absolute atomic E-state index is 5.40. The minimum absolute atomic E-state index is 0.376. The van der Waals surface area contributed by atoms with Crippen LogP contribution in [-0.4, -0.2) is 11.0 Å². The molecule has 1 rings (SSSR count). The number of nitrogens with zero attached hydrogens (tertiary/aromatic N) is 1. The summed E-state index contributed by atoms with van der Waals surface area (Å²) in [5.41, 5.74) is 2.81. The van der Waals surface area contributed by atoms with Crippen LogP contribution in [0.15, 0.2) is 11.6 Å². The highest BCUT2D eigenvalue weighted by atomic mass is 32.1. The molecule has 12 heavy (non-hydrogen) atoms. The van der Waals surface area contributed by atoms with Crippen LogP contribution in [0.5, 0.6) is 0 Å². The number of aromatic nitrogens is 1. The van der Waals surface area contributed by atoms with E-state index in [2.05, 4.69) is 17.3 Å². The number of thiazole rings is 1. The lowest BCUT2D eigenvalue weighted by molar-refractivity contribution is 0.485. The van der Waals surface area contributed by atoms with Crippen LogP contribution in [-0.2, 0) is 6.42 Å². The van der Waals surface area contributed by atoms with E-state index in [0.29, 0.717) is 6.04 Å². The zero-order valence-corrected chi connectivity index (χ0v) is 8.10. The Morgan fingerprint density at radius 3 is 3.08 bits per heavy atom. The molecule has 1 aromatic rings. The van der Waals surface area contributed by atoms with E-state index in [1.807, 2.05) is 11.6 Å². The molecule has 0 aromatic carbocycles. The summed E-state index contributed by atoms with van der Waals surface area (Å²) in [6, 6.07) is 0.376. The average molecular weight is 185 g/mol. The van der Waals surface area contributed by atoms with Crippen LogP contribution in [0.25, 0.3) is 0 Å². The molecule has 0 saturated carbocycles. The molecule has 0 saturated heterocycles. The van der Waals surface area contributed by atoms with Crippen LogP contribution in [0, 0.1) is 0 Å². The van der Waals surface area contributed by atoms with E-state index in [-0.39, 0.29) is 0 Å². The molecule has 3 nitrogen and oxygen atoms in total. The molecule has 1 aromatic heterocycles. The van der Waals surface area contributed by atoms with E-state index in [1.165, 1.54) is 0 Å². The summed E-state index contributed by atoms with van der Waals surface area (Å²) < 4.78 is 0. The first-order chi connectivity index (χ1) is 5.86. The fourth-order valence-corrected chi connectivity index (χ4v) is 1.86. The molecular formula is C8H15N3S. The molecule has 1 atom stereocenters. The van der Waals surface area contributed by atoms with Gasteiger partial charge in [-0.2, -0.15) is 0 Å². The van der Waals surface area contributed by atoms with Gasteiger partial charge in [-0.15, -0.1) is 11.3 Å². The Labute approximate surface area is 77.0 Å². The Bertz CT molecular complexity index is 198. The Morgan fingerprint density at radius 2 is 2.58 bits per heavy atom. The van der Waals surface area contributed by atoms with Crippen LogP contribution in [0.1, 0.15) is 24.8 Å². The van der Waals surface area contributed by atoms with Crippen molar-refractivity contribution in [2.75, 3.05) is 0 Å². The smallest absolute Gasteiger partial charge is 0.0940 e. The molecule has 4 heteroatoms. The highest BCUT2D eigenvalue weighted by molar-refractivity contribution is 7.09. The Morgan fingerprint density at radius 1 is 1.75 bits per heavy atom. The lowest BCUT2D eigenvalue weighted by Crippen LogP contribution is -2.36. The predicted molar refractivity (Wildman–Crippen MR) is 51.8 cm³/mol. The maximum Gasteiger partial charge on any atom is 0.0940 e. The molecule has 3 N–H and O–H groups in total. The summed E-state index contributed by atoms with van der Waals surface area (Å²) in [6.45, 7) is 2.16. The SMILES string of the molecule is CCCC(Cc1nccs1)NN. The number of hydrogen-bond acceptors (Lipinski definition) is 4. The predicted octanol–water partition coefficient (Wildman–Crippen LogP) is 1.32. The molecule has 0 spiro atoms. The second kappa shape index (κ2) is 5.24. The van der Waals surface area contributed by atoms with Gasteiger partial charge < -0.3 is 0 Å². The summed E-state index contributed by atoms with van der Waals surface area (Å²) in [5, 5.41) is 3.15. The zero-order chi connectivity index (χ0) is 8.81. The molecule has 0 aliphatic carbocycles. The van der Waals surface area contributed by atoms with Crippen molar-refractivity contribution < 1.29 is 0 Å². The van der Waals surface area contributed by atoms with Gasteiger partial charge in [0.05, 0.1) is 5.01 Å². The molecule has 0 aliphatic rings. The normalized spacial score (nSPS) is 13.2. The van der Waals surface area contributed by atoms with Crippen LogP contribution < -0.4 is 11.3 Å². The molecule has 0 aliphatic heterocycles. The monoisotopic (exact) mass is 185 g/mol. The Balaban J connectivity index is 2.37. The van der Waals surface area contributed by atoms with Crippen LogP contribution in [0.3, 0.4) is 0 Å². The fraction of sp³-hybridized carbons (Fsp3) is 0.625. The van der Waals surface area contributed by atoms with Crippen molar-refractivity contribution in [2.24, 2.45) is 5.84 Å². The topological polar surface area (TPSA) is 50.9 Å². The first-order valence-corrected chi connectivity index (χ1v) is 5.09. The maximum atomic E-state index is 5.40. The van der Waals surface area contributed by atoms with Gasteiger partial charge >= 0.3 is 0 Å². The molecule has 0 radical (unpaired) electrons. The third kappa shape index (κ3) is 2.89. The lowest BCUT2D eigenvalue weighted by Gasteiger charge is -2.12. The van der Waals surface area contributed by atoms with Gasteiger partial charge in [0.1, 0.15) is 0 Å². The van der Waals surface area contributed by atoms with Crippen LogP contribution >= 0.6 is 11.3 Å². The summed E-state index contributed by atoms with van der Waals surface area (Å²) in [5.74, 6) is 5.40. The minimum Gasteiger partial charge on any atom is -0.271 e. The van der Waals surface area contributed by atoms with Gasteiger partial charge in [-0.3, -0.25) is 11.3 Å². The van der Waals surface area contributed by atoms with Gasteiger partial charge in [0.15, 0.2) is 0 Å². The minimum atomic E-state index is 0.376. The van der Waals surface area contributed by atoms with Crippen molar-refractivity contribution in [1.82, 2.24) is 10.4 Å². The highest BCUT2D eigenvalue weighted by Gasteiger charge is 2.07. The standard InChI is InChI=1S/C8H15N3S/c1-2-3-7(11-9)6-8-10-4-5-12-8/h4-5,7,11H,2-3,6,9H2,1H3. The van der Waals surface area contributed by atoms with Crippen LogP contribution in [0.2, 0.25) is 0 Å². The molecule has 0 fully saturated rings. The Hall–Kier alpha value is -0.450. The second-order valence-electron chi connectivity index (χ2n) is 2.78. The quantitative estimate of drug-likeness (QED) is 0.537. The first-order valence-electron chi connectivity index (χ1n) is 4.21. The highest BCUT2D eigenvalue weighted by Crippen LogP contribution is 2.09. The van der Waals surface area contributed by atoms with Gasteiger partial charge in [0.2, 0.25) is 0 Å². The van der Waals surface area contributed by atoms with Crippen molar-refractivity contribution in [3.05, 3.63) is 16.6 Å². The largest absolute Gasteiger partial charge is 0.271 e. The van der Waals surface area contributed by atoms with Gasteiger partial charge in [0.25, 0.3) is 0 Å². The molecule has 0 bridgehead atoms. The van der Waals surface area contributed by atoms with E-state index >= 15 is 0 Å². The second-order valence-corrected chi connectivity index (χ2v) is 3.76.